The summed E-state index contributed by atoms with van der Waals surface area (Å²) >= 11 is 0. The molecule has 0 saturated heterocycles. The molecule has 0 bridgehead atoms. The molecule has 7 heteroatoms. The largest absolute Gasteiger partial charge is 0.480 e. The Labute approximate surface area is 127 Å². The zero-order valence-electron chi connectivity index (χ0n) is 12.0. The Morgan fingerprint density at radius 3 is 2.64 bits per heavy atom. The lowest BCUT2D eigenvalue weighted by Gasteiger charge is -2.26. The molecule has 7 nitrogen and oxygen atoms in total. The first-order chi connectivity index (χ1) is 10.5. The average molecular weight is 305 g/mol. The van der Waals surface area contributed by atoms with E-state index in [0.29, 0.717) is 13.0 Å². The molecule has 118 valence electrons. The van der Waals surface area contributed by atoms with Crippen LogP contribution in [0.1, 0.15) is 24.0 Å². The number of primary amides is 1. The Morgan fingerprint density at radius 2 is 2.00 bits per heavy atom. The van der Waals surface area contributed by atoms with Gasteiger partial charge >= 0.3 is 5.97 Å². The first-order valence-electron chi connectivity index (χ1n) is 7.09. The van der Waals surface area contributed by atoms with Crippen LogP contribution in [-0.2, 0) is 27.3 Å². The first kappa shape index (κ1) is 16.0. The van der Waals surface area contributed by atoms with E-state index in [1.54, 1.807) is 0 Å². The van der Waals surface area contributed by atoms with Crippen LogP contribution in [-0.4, -0.2) is 35.0 Å². The van der Waals surface area contributed by atoms with E-state index in [1.165, 1.54) is 0 Å². The molecule has 1 aromatic rings. The predicted octanol–water partition coefficient (Wildman–Crippen LogP) is -0.464. The van der Waals surface area contributed by atoms with Gasteiger partial charge in [-0.1, -0.05) is 24.3 Å². The molecular formula is C15H19N3O4. The van der Waals surface area contributed by atoms with Crippen LogP contribution in [0.25, 0.3) is 0 Å². The lowest BCUT2D eigenvalue weighted by atomic mass is 9.95. The van der Waals surface area contributed by atoms with E-state index >= 15 is 0 Å². The molecule has 0 fully saturated rings. The van der Waals surface area contributed by atoms with Crippen LogP contribution >= 0.6 is 0 Å². The van der Waals surface area contributed by atoms with Crippen LogP contribution in [0.5, 0.6) is 0 Å². The topological polar surface area (TPSA) is 122 Å². The number of aliphatic carboxylic acids is 1. The summed E-state index contributed by atoms with van der Waals surface area (Å²) in [6.07, 6.45) is 0.405. The Balaban J connectivity index is 1.96. The molecule has 1 heterocycles. The van der Waals surface area contributed by atoms with Gasteiger partial charge in [0.15, 0.2) is 0 Å². The van der Waals surface area contributed by atoms with E-state index in [9.17, 15) is 14.4 Å². The number of nitrogens with one attached hydrogen (secondary N) is 2. The highest BCUT2D eigenvalue weighted by Gasteiger charge is 2.28. The molecule has 2 amide bonds. The van der Waals surface area contributed by atoms with E-state index < -0.39 is 24.0 Å². The molecule has 1 aliphatic heterocycles. The molecule has 1 aromatic carbocycles. The minimum atomic E-state index is -1.18. The fraction of sp³-hybridized carbons (Fsp3) is 0.400. The molecule has 2 atom stereocenters. The fourth-order valence-electron chi connectivity index (χ4n) is 2.46. The average Bonchev–Trinajstić information content (AvgIpc) is 2.50. The van der Waals surface area contributed by atoms with Gasteiger partial charge in [0.1, 0.15) is 6.04 Å². The van der Waals surface area contributed by atoms with Crippen LogP contribution < -0.4 is 16.4 Å². The zero-order valence-corrected chi connectivity index (χ0v) is 12.0. The summed E-state index contributed by atoms with van der Waals surface area (Å²) in [6.45, 7) is 0.563. The molecule has 1 aliphatic rings. The van der Waals surface area contributed by atoms with Crippen molar-refractivity contribution < 1.29 is 19.5 Å². The molecular weight excluding hydrogens is 286 g/mol. The number of rotatable bonds is 6. The van der Waals surface area contributed by atoms with Crippen molar-refractivity contribution in [1.29, 1.82) is 0 Å². The van der Waals surface area contributed by atoms with Gasteiger partial charge in [-0.05, 0) is 24.0 Å². The predicted molar refractivity (Wildman–Crippen MR) is 78.8 cm³/mol. The molecule has 2 rings (SSSR count). The lowest BCUT2D eigenvalue weighted by molar-refractivity contribution is -0.142. The van der Waals surface area contributed by atoms with E-state index in [4.69, 9.17) is 10.8 Å². The molecule has 0 radical (unpaired) electrons. The number of carbonyl (C=O) groups is 3. The van der Waals surface area contributed by atoms with Crippen molar-refractivity contribution in [2.24, 2.45) is 5.73 Å². The summed E-state index contributed by atoms with van der Waals surface area (Å²) < 4.78 is 0. The van der Waals surface area contributed by atoms with Gasteiger partial charge in [-0.15, -0.1) is 0 Å². The Kier molecular flexibility index (Phi) is 5.11. The van der Waals surface area contributed by atoms with Gasteiger partial charge in [0.05, 0.1) is 6.04 Å². The second-order valence-electron chi connectivity index (χ2n) is 5.31. The monoisotopic (exact) mass is 305 g/mol. The highest BCUT2D eigenvalue weighted by atomic mass is 16.4. The number of hydrogen-bond donors (Lipinski definition) is 4. The number of carbonyl (C=O) groups excluding carboxylic acids is 2. The van der Waals surface area contributed by atoms with E-state index in [1.807, 2.05) is 24.3 Å². The van der Waals surface area contributed by atoms with Crippen molar-refractivity contribution in [1.82, 2.24) is 10.6 Å². The maximum atomic E-state index is 12.2. The van der Waals surface area contributed by atoms with Gasteiger partial charge in [0.25, 0.3) is 0 Å². The molecule has 0 spiro atoms. The third kappa shape index (κ3) is 4.05. The zero-order chi connectivity index (χ0) is 16.1. The number of carboxylic acid groups (broad SMARTS) is 1. The third-order valence-electron chi connectivity index (χ3n) is 3.69. The van der Waals surface area contributed by atoms with E-state index in [-0.39, 0.29) is 18.7 Å². The van der Waals surface area contributed by atoms with Gasteiger partial charge in [-0.25, -0.2) is 4.79 Å². The van der Waals surface area contributed by atoms with Crippen LogP contribution in [0, 0.1) is 0 Å². The maximum absolute atomic E-state index is 12.2. The smallest absolute Gasteiger partial charge is 0.326 e. The number of carboxylic acids is 1. The van der Waals surface area contributed by atoms with Crippen molar-refractivity contribution in [2.75, 3.05) is 0 Å². The second kappa shape index (κ2) is 7.04. The summed E-state index contributed by atoms with van der Waals surface area (Å²) in [6, 6.07) is 6.20. The van der Waals surface area contributed by atoms with Crippen LogP contribution in [0.15, 0.2) is 24.3 Å². The quantitative estimate of drug-likeness (QED) is 0.566. The SMILES string of the molecule is NC(=O)CCC(NC(=O)[C@@H]1Cc2ccccc2CN1)C(=O)O. The minimum Gasteiger partial charge on any atom is -0.480 e. The lowest BCUT2D eigenvalue weighted by Crippen LogP contribution is -2.52. The molecule has 0 aromatic heterocycles. The third-order valence-corrected chi connectivity index (χ3v) is 3.69. The Hall–Kier alpha value is -2.41. The maximum Gasteiger partial charge on any atom is 0.326 e. The number of amides is 2. The summed E-state index contributed by atoms with van der Waals surface area (Å²) in [7, 11) is 0. The van der Waals surface area contributed by atoms with Gasteiger partial charge in [0.2, 0.25) is 11.8 Å². The van der Waals surface area contributed by atoms with Crippen LogP contribution in [0.4, 0.5) is 0 Å². The standard InChI is InChI=1S/C15H19N3O4/c16-13(19)6-5-11(15(21)22)18-14(20)12-7-9-3-1-2-4-10(9)8-17-12/h1-4,11-12,17H,5-8H2,(H2,16,19)(H,18,20)(H,21,22)/t11?,12-/m0/s1. The van der Waals surface area contributed by atoms with Gasteiger partial charge < -0.3 is 21.5 Å². The van der Waals surface area contributed by atoms with Crippen molar-refractivity contribution in [3.63, 3.8) is 0 Å². The summed E-state index contributed by atoms with van der Waals surface area (Å²) in [5.74, 6) is -2.15. The van der Waals surface area contributed by atoms with E-state index in [2.05, 4.69) is 10.6 Å². The molecule has 0 saturated carbocycles. The molecule has 0 aliphatic carbocycles. The highest BCUT2D eigenvalue weighted by Crippen LogP contribution is 2.16. The van der Waals surface area contributed by atoms with Gasteiger partial charge in [0, 0.05) is 13.0 Å². The van der Waals surface area contributed by atoms with Crippen LogP contribution in [0.3, 0.4) is 0 Å². The fourth-order valence-corrected chi connectivity index (χ4v) is 2.46. The highest BCUT2D eigenvalue weighted by molar-refractivity contribution is 5.87. The minimum absolute atomic E-state index is 0.0142. The van der Waals surface area contributed by atoms with Gasteiger partial charge in [-0.2, -0.15) is 0 Å². The van der Waals surface area contributed by atoms with Crippen molar-refractivity contribution in [2.45, 2.75) is 37.9 Å². The summed E-state index contributed by atoms with van der Waals surface area (Å²) in [4.78, 5) is 34.1. The van der Waals surface area contributed by atoms with Crippen molar-refractivity contribution in [3.8, 4) is 0 Å². The second-order valence-corrected chi connectivity index (χ2v) is 5.31. The van der Waals surface area contributed by atoms with Crippen molar-refractivity contribution >= 4 is 17.8 Å². The molecule has 5 N–H and O–H groups in total. The Bertz CT molecular complexity index is 588. The van der Waals surface area contributed by atoms with E-state index in [0.717, 1.165) is 11.1 Å². The first-order valence-corrected chi connectivity index (χ1v) is 7.09. The number of fused-ring (bicyclic) bond motifs is 1. The van der Waals surface area contributed by atoms with Gasteiger partial charge in [-0.3, -0.25) is 9.59 Å². The number of hydrogen-bond acceptors (Lipinski definition) is 4. The van der Waals surface area contributed by atoms with Crippen LogP contribution in [0.2, 0.25) is 0 Å². The summed E-state index contributed by atoms with van der Waals surface area (Å²) in [5.41, 5.74) is 7.22. The van der Waals surface area contributed by atoms with Crippen molar-refractivity contribution in [3.05, 3.63) is 35.4 Å². The number of nitrogens with two attached hydrogens (primary N) is 1. The molecule has 1 unspecified atom stereocenters. The Morgan fingerprint density at radius 1 is 1.32 bits per heavy atom. The summed E-state index contributed by atoms with van der Waals surface area (Å²) in [5, 5.41) is 14.7. The number of benzene rings is 1. The molecule has 22 heavy (non-hydrogen) atoms. The normalized spacial score (nSPS) is 18.1.